The van der Waals surface area contributed by atoms with Gasteiger partial charge in [-0.25, -0.2) is 0 Å². The molecule has 1 aromatic carbocycles. The van der Waals surface area contributed by atoms with Crippen LogP contribution in [0.2, 0.25) is 5.02 Å². The van der Waals surface area contributed by atoms with Crippen LogP contribution in [0, 0.1) is 0 Å². The Morgan fingerprint density at radius 1 is 1.28 bits per heavy atom. The van der Waals surface area contributed by atoms with Gasteiger partial charge in [0.15, 0.2) is 0 Å². The molecule has 2 fully saturated rings. The molecule has 0 spiro atoms. The van der Waals surface area contributed by atoms with Crippen molar-refractivity contribution in [3.05, 3.63) is 34.9 Å². The van der Waals surface area contributed by atoms with E-state index in [-0.39, 0.29) is 11.4 Å². The standard InChI is InChI=1S/C20H29ClN2O2/c1-19(2,23-10-12-25-13-11-23)15-22-18(24)20(8-3-4-9-20)16-6-5-7-17(21)14-16/h5-7,14H,3-4,8-13,15H2,1-2H3,(H,22,24). The van der Waals surface area contributed by atoms with Crippen LogP contribution in [-0.4, -0.2) is 49.2 Å². The van der Waals surface area contributed by atoms with Crippen molar-refractivity contribution < 1.29 is 9.53 Å². The lowest BCUT2D eigenvalue weighted by Crippen LogP contribution is -2.57. The lowest BCUT2D eigenvalue weighted by molar-refractivity contribution is -0.127. The molecule has 1 N–H and O–H groups in total. The minimum Gasteiger partial charge on any atom is -0.379 e. The van der Waals surface area contributed by atoms with Gasteiger partial charge in [0.1, 0.15) is 0 Å². The number of nitrogens with zero attached hydrogens (tertiary/aromatic N) is 1. The fourth-order valence-electron chi connectivity index (χ4n) is 4.16. The molecule has 1 aromatic rings. The number of amides is 1. The van der Waals surface area contributed by atoms with E-state index in [9.17, 15) is 4.79 Å². The normalized spacial score (nSPS) is 21.2. The number of benzene rings is 1. The van der Waals surface area contributed by atoms with Crippen molar-refractivity contribution in [3.8, 4) is 0 Å². The van der Waals surface area contributed by atoms with Crippen molar-refractivity contribution >= 4 is 17.5 Å². The van der Waals surface area contributed by atoms with Crippen LogP contribution in [0.25, 0.3) is 0 Å². The smallest absolute Gasteiger partial charge is 0.230 e. The third-order valence-corrected chi connectivity index (χ3v) is 6.05. The third-order valence-electron chi connectivity index (χ3n) is 5.82. The van der Waals surface area contributed by atoms with Crippen LogP contribution >= 0.6 is 11.6 Å². The zero-order chi connectivity index (χ0) is 17.9. The van der Waals surface area contributed by atoms with Gasteiger partial charge in [-0.3, -0.25) is 9.69 Å². The van der Waals surface area contributed by atoms with E-state index in [1.165, 1.54) is 0 Å². The van der Waals surface area contributed by atoms with Crippen LogP contribution in [0.3, 0.4) is 0 Å². The second kappa shape index (κ2) is 7.65. The molecule has 3 rings (SSSR count). The average Bonchev–Trinajstić information content (AvgIpc) is 3.12. The van der Waals surface area contributed by atoms with Gasteiger partial charge < -0.3 is 10.1 Å². The Labute approximate surface area is 155 Å². The fourth-order valence-corrected chi connectivity index (χ4v) is 4.35. The molecule has 0 bridgehead atoms. The van der Waals surface area contributed by atoms with E-state index in [0.717, 1.165) is 57.6 Å². The number of hydrogen-bond acceptors (Lipinski definition) is 3. The molecule has 1 aliphatic carbocycles. The van der Waals surface area contributed by atoms with Crippen LogP contribution in [0.1, 0.15) is 45.1 Å². The molecule has 0 aromatic heterocycles. The molecule has 2 aliphatic rings. The lowest BCUT2D eigenvalue weighted by Gasteiger charge is -2.41. The van der Waals surface area contributed by atoms with Gasteiger partial charge in [-0.15, -0.1) is 0 Å². The van der Waals surface area contributed by atoms with Crippen LogP contribution in [-0.2, 0) is 14.9 Å². The molecule has 1 heterocycles. The fraction of sp³-hybridized carbons (Fsp3) is 0.650. The van der Waals surface area contributed by atoms with Gasteiger partial charge in [0.2, 0.25) is 5.91 Å². The van der Waals surface area contributed by atoms with E-state index in [4.69, 9.17) is 16.3 Å². The topological polar surface area (TPSA) is 41.6 Å². The Kier molecular flexibility index (Phi) is 5.71. The maximum Gasteiger partial charge on any atom is 0.230 e. The summed E-state index contributed by atoms with van der Waals surface area (Å²) >= 11 is 6.19. The van der Waals surface area contributed by atoms with Crippen molar-refractivity contribution in [2.24, 2.45) is 0 Å². The second-order valence-electron chi connectivity index (χ2n) is 7.89. The summed E-state index contributed by atoms with van der Waals surface area (Å²) in [6.07, 6.45) is 3.98. The van der Waals surface area contributed by atoms with Gasteiger partial charge in [-0.05, 0) is 44.4 Å². The summed E-state index contributed by atoms with van der Waals surface area (Å²) in [6, 6.07) is 7.82. The summed E-state index contributed by atoms with van der Waals surface area (Å²) in [5.74, 6) is 0.147. The molecule has 138 valence electrons. The first-order valence-corrected chi connectivity index (χ1v) is 9.69. The summed E-state index contributed by atoms with van der Waals surface area (Å²) in [6.45, 7) is 8.41. The summed E-state index contributed by atoms with van der Waals surface area (Å²) < 4.78 is 5.45. The van der Waals surface area contributed by atoms with Crippen LogP contribution in [0.15, 0.2) is 24.3 Å². The SMILES string of the molecule is CC(C)(CNC(=O)C1(c2cccc(Cl)c2)CCCC1)N1CCOCC1. The van der Waals surface area contributed by atoms with Crippen molar-refractivity contribution in [3.63, 3.8) is 0 Å². The molecule has 0 atom stereocenters. The van der Waals surface area contributed by atoms with Gasteiger partial charge in [-0.1, -0.05) is 36.6 Å². The predicted octanol–water partition coefficient (Wildman–Crippen LogP) is 3.38. The molecule has 0 radical (unpaired) electrons. The van der Waals surface area contributed by atoms with Gasteiger partial charge in [0.25, 0.3) is 0 Å². The number of morpholine rings is 1. The maximum absolute atomic E-state index is 13.2. The Hall–Kier alpha value is -1.10. The monoisotopic (exact) mass is 364 g/mol. The summed E-state index contributed by atoms with van der Waals surface area (Å²) in [4.78, 5) is 15.6. The molecule has 1 aliphatic heterocycles. The number of rotatable bonds is 5. The summed E-state index contributed by atoms with van der Waals surface area (Å²) in [5.41, 5.74) is 0.554. The van der Waals surface area contributed by atoms with Gasteiger partial charge >= 0.3 is 0 Å². The van der Waals surface area contributed by atoms with Gasteiger partial charge in [0, 0.05) is 30.2 Å². The third kappa shape index (κ3) is 4.02. The summed E-state index contributed by atoms with van der Waals surface area (Å²) in [5, 5.41) is 3.96. The van der Waals surface area contributed by atoms with Gasteiger partial charge in [-0.2, -0.15) is 0 Å². The van der Waals surface area contributed by atoms with E-state index in [2.05, 4.69) is 24.1 Å². The van der Waals surface area contributed by atoms with Gasteiger partial charge in [0.05, 0.1) is 18.6 Å². The number of halogens is 1. The first kappa shape index (κ1) is 18.7. The minimum absolute atomic E-state index is 0.0758. The number of ether oxygens (including phenoxy) is 1. The summed E-state index contributed by atoms with van der Waals surface area (Å²) in [7, 11) is 0. The first-order valence-electron chi connectivity index (χ1n) is 9.31. The van der Waals surface area contributed by atoms with Crippen molar-refractivity contribution in [1.29, 1.82) is 0 Å². The minimum atomic E-state index is -0.425. The molecule has 25 heavy (non-hydrogen) atoms. The maximum atomic E-state index is 13.2. The molecular weight excluding hydrogens is 336 g/mol. The second-order valence-corrected chi connectivity index (χ2v) is 8.33. The van der Waals surface area contributed by atoms with Crippen LogP contribution in [0.4, 0.5) is 0 Å². The van der Waals surface area contributed by atoms with Crippen molar-refractivity contribution in [1.82, 2.24) is 10.2 Å². The molecule has 4 nitrogen and oxygen atoms in total. The Morgan fingerprint density at radius 3 is 2.60 bits per heavy atom. The zero-order valence-electron chi connectivity index (χ0n) is 15.3. The van der Waals surface area contributed by atoms with Crippen LogP contribution < -0.4 is 5.32 Å². The average molecular weight is 365 g/mol. The highest BCUT2D eigenvalue weighted by molar-refractivity contribution is 6.30. The van der Waals surface area contributed by atoms with E-state index < -0.39 is 5.41 Å². The Balaban J connectivity index is 1.71. The zero-order valence-corrected chi connectivity index (χ0v) is 16.1. The number of carbonyl (C=O) groups is 1. The molecule has 5 heteroatoms. The predicted molar refractivity (Wildman–Crippen MR) is 101 cm³/mol. The number of nitrogens with one attached hydrogen (secondary N) is 1. The Morgan fingerprint density at radius 2 is 1.96 bits per heavy atom. The number of hydrogen-bond donors (Lipinski definition) is 1. The number of carbonyl (C=O) groups excluding carboxylic acids is 1. The van der Waals surface area contributed by atoms with E-state index in [1.54, 1.807) is 0 Å². The van der Waals surface area contributed by atoms with Crippen LogP contribution in [0.5, 0.6) is 0 Å². The highest BCUT2D eigenvalue weighted by Crippen LogP contribution is 2.42. The molecular formula is C20H29ClN2O2. The molecule has 0 unspecified atom stereocenters. The van der Waals surface area contributed by atoms with E-state index >= 15 is 0 Å². The molecule has 1 saturated carbocycles. The van der Waals surface area contributed by atoms with E-state index in [0.29, 0.717) is 11.6 Å². The van der Waals surface area contributed by atoms with Crippen molar-refractivity contribution in [2.75, 3.05) is 32.8 Å². The Bertz CT molecular complexity index is 605. The highest BCUT2D eigenvalue weighted by Gasteiger charge is 2.43. The van der Waals surface area contributed by atoms with E-state index in [1.807, 2.05) is 24.3 Å². The largest absolute Gasteiger partial charge is 0.379 e. The quantitative estimate of drug-likeness (QED) is 0.870. The molecule has 1 saturated heterocycles. The highest BCUT2D eigenvalue weighted by atomic mass is 35.5. The lowest BCUT2D eigenvalue weighted by atomic mass is 9.78. The molecule has 1 amide bonds. The first-order chi connectivity index (χ1) is 11.9. The van der Waals surface area contributed by atoms with Crippen molar-refractivity contribution in [2.45, 2.75) is 50.5 Å².